The molecule has 0 aromatic rings. The van der Waals surface area contributed by atoms with Gasteiger partial charge in [0, 0.05) is 5.92 Å². The van der Waals surface area contributed by atoms with Gasteiger partial charge in [-0.1, -0.05) is 12.2 Å². The highest BCUT2D eigenvalue weighted by Crippen LogP contribution is 2.40. The third kappa shape index (κ3) is 2.53. The van der Waals surface area contributed by atoms with Gasteiger partial charge >= 0.3 is 5.97 Å². The lowest BCUT2D eigenvalue weighted by Crippen LogP contribution is -3.15. The fourth-order valence-corrected chi connectivity index (χ4v) is 3.12. The minimum Gasteiger partial charge on any atom is -0.458 e. The quantitative estimate of drug-likeness (QED) is 0.528. The molecule has 4 nitrogen and oxygen atoms in total. The minimum atomic E-state index is -0.0344. The predicted molar refractivity (Wildman–Crippen MR) is 61.6 cm³/mol. The second kappa shape index (κ2) is 4.78. The van der Waals surface area contributed by atoms with E-state index >= 15 is 0 Å². The Morgan fingerprint density at radius 1 is 1.29 bits per heavy atom. The van der Waals surface area contributed by atoms with Crippen LogP contribution in [0.5, 0.6) is 0 Å². The maximum absolute atomic E-state index is 11.8. The Labute approximate surface area is 102 Å². The summed E-state index contributed by atoms with van der Waals surface area (Å²) in [5, 5.41) is 0. The number of fused-ring (bicyclic) bond motifs is 2. The average Bonchev–Trinajstić information content (AvgIpc) is 2.92. The van der Waals surface area contributed by atoms with Crippen molar-refractivity contribution in [2.45, 2.75) is 18.9 Å². The Morgan fingerprint density at radius 3 is 2.76 bits per heavy atom. The molecular formula is C13H20NO3+. The Hall–Kier alpha value is -0.870. The summed E-state index contributed by atoms with van der Waals surface area (Å²) in [5.41, 5.74) is 0. The van der Waals surface area contributed by atoms with E-state index in [4.69, 9.17) is 9.47 Å². The molecule has 17 heavy (non-hydrogen) atoms. The van der Waals surface area contributed by atoms with Gasteiger partial charge in [-0.25, -0.2) is 4.79 Å². The van der Waals surface area contributed by atoms with Gasteiger partial charge in [-0.05, 0) is 18.8 Å². The normalized spacial score (nSPS) is 36.4. The van der Waals surface area contributed by atoms with Crippen LogP contribution in [0.3, 0.4) is 0 Å². The van der Waals surface area contributed by atoms with Gasteiger partial charge in [-0.3, -0.25) is 0 Å². The topological polar surface area (TPSA) is 40.0 Å². The lowest BCUT2D eigenvalue weighted by atomic mass is 10.0. The second-order valence-electron chi connectivity index (χ2n) is 5.35. The molecule has 0 amide bonds. The average molecular weight is 238 g/mol. The zero-order valence-corrected chi connectivity index (χ0v) is 10.1. The zero-order valence-electron chi connectivity index (χ0n) is 10.1. The van der Waals surface area contributed by atoms with E-state index in [9.17, 15) is 4.79 Å². The van der Waals surface area contributed by atoms with E-state index in [1.165, 1.54) is 11.3 Å². The minimum absolute atomic E-state index is 0.0344. The maximum Gasteiger partial charge on any atom is 0.362 e. The van der Waals surface area contributed by atoms with E-state index in [0.717, 1.165) is 32.7 Å². The van der Waals surface area contributed by atoms with Gasteiger partial charge in [0.25, 0.3) is 0 Å². The molecule has 2 aliphatic carbocycles. The Kier molecular flexibility index (Phi) is 3.16. The van der Waals surface area contributed by atoms with Gasteiger partial charge in [-0.15, -0.1) is 0 Å². The maximum atomic E-state index is 11.8. The van der Waals surface area contributed by atoms with Crippen LogP contribution in [0.1, 0.15) is 12.8 Å². The molecule has 3 aliphatic rings. The van der Waals surface area contributed by atoms with Gasteiger partial charge < -0.3 is 14.4 Å². The van der Waals surface area contributed by atoms with Crippen LogP contribution in [0.2, 0.25) is 0 Å². The first-order valence-corrected chi connectivity index (χ1v) is 6.60. The summed E-state index contributed by atoms with van der Waals surface area (Å²) >= 11 is 0. The number of carbonyl (C=O) groups is 1. The molecule has 2 bridgehead atoms. The highest BCUT2D eigenvalue weighted by Gasteiger charge is 2.38. The van der Waals surface area contributed by atoms with Crippen molar-refractivity contribution in [3.8, 4) is 0 Å². The molecule has 3 atom stereocenters. The summed E-state index contributed by atoms with van der Waals surface area (Å²) < 4.78 is 10.9. The third-order valence-corrected chi connectivity index (χ3v) is 4.10. The number of nitrogens with one attached hydrogen (secondary N) is 1. The van der Waals surface area contributed by atoms with Crippen LogP contribution in [-0.4, -0.2) is 44.9 Å². The summed E-state index contributed by atoms with van der Waals surface area (Å²) in [4.78, 5) is 13.1. The molecule has 0 radical (unpaired) electrons. The Balaban J connectivity index is 1.45. The number of quaternary nitrogens is 1. The van der Waals surface area contributed by atoms with Crippen LogP contribution in [0.15, 0.2) is 12.2 Å². The molecule has 1 N–H and O–H groups in total. The smallest absolute Gasteiger partial charge is 0.362 e. The van der Waals surface area contributed by atoms with Gasteiger partial charge in [0.15, 0.2) is 6.54 Å². The number of hydrogen-bond acceptors (Lipinski definition) is 3. The first-order chi connectivity index (χ1) is 8.31. The molecule has 94 valence electrons. The Bertz CT molecular complexity index is 323. The molecular weight excluding hydrogens is 218 g/mol. The molecule has 3 rings (SSSR count). The van der Waals surface area contributed by atoms with Crippen LogP contribution in [0.25, 0.3) is 0 Å². The number of carbonyl (C=O) groups excluding carboxylic acids is 1. The molecule has 0 spiro atoms. The summed E-state index contributed by atoms with van der Waals surface area (Å²) in [6.07, 6.45) is 6.85. The summed E-state index contributed by atoms with van der Waals surface area (Å²) in [7, 11) is 0. The fourth-order valence-electron chi connectivity index (χ4n) is 3.12. The molecule has 1 aliphatic heterocycles. The van der Waals surface area contributed by atoms with Crippen molar-refractivity contribution < 1.29 is 19.2 Å². The molecule has 2 fully saturated rings. The predicted octanol–water partition coefficient (Wildman–Crippen LogP) is -0.591. The Morgan fingerprint density at radius 2 is 2.12 bits per heavy atom. The van der Waals surface area contributed by atoms with E-state index in [0.29, 0.717) is 18.4 Å². The van der Waals surface area contributed by atoms with E-state index in [2.05, 4.69) is 12.2 Å². The molecule has 0 aromatic carbocycles. The first kappa shape index (κ1) is 11.2. The molecule has 0 aromatic heterocycles. The SMILES string of the molecule is O=C(C[NH+]1CCOCC1)OC1CC2C=CC1C2. The van der Waals surface area contributed by atoms with Gasteiger partial charge in [-0.2, -0.15) is 0 Å². The number of esters is 1. The fraction of sp³-hybridized carbons (Fsp3) is 0.769. The van der Waals surface area contributed by atoms with E-state index < -0.39 is 0 Å². The third-order valence-electron chi connectivity index (χ3n) is 4.10. The van der Waals surface area contributed by atoms with Gasteiger partial charge in [0.05, 0.1) is 13.2 Å². The molecule has 4 heteroatoms. The van der Waals surface area contributed by atoms with Crippen molar-refractivity contribution in [3.63, 3.8) is 0 Å². The van der Waals surface area contributed by atoms with Crippen molar-refractivity contribution >= 4 is 5.97 Å². The summed E-state index contributed by atoms with van der Waals surface area (Å²) in [5.74, 6) is 1.12. The first-order valence-electron chi connectivity index (χ1n) is 6.60. The van der Waals surface area contributed by atoms with Crippen LogP contribution >= 0.6 is 0 Å². The monoisotopic (exact) mass is 238 g/mol. The van der Waals surface area contributed by atoms with E-state index in [1.807, 2.05) is 0 Å². The van der Waals surface area contributed by atoms with Crippen molar-refractivity contribution in [1.82, 2.24) is 0 Å². The van der Waals surface area contributed by atoms with Gasteiger partial charge in [0.1, 0.15) is 19.2 Å². The number of rotatable bonds is 3. The van der Waals surface area contributed by atoms with Crippen LogP contribution in [0, 0.1) is 11.8 Å². The lowest BCUT2D eigenvalue weighted by molar-refractivity contribution is -0.900. The molecule has 1 heterocycles. The van der Waals surface area contributed by atoms with E-state index in [-0.39, 0.29) is 12.1 Å². The largest absolute Gasteiger partial charge is 0.458 e. The summed E-state index contributed by atoms with van der Waals surface area (Å²) in [6.45, 7) is 3.87. The number of hydrogen-bond donors (Lipinski definition) is 1. The van der Waals surface area contributed by atoms with E-state index in [1.54, 1.807) is 0 Å². The molecule has 1 saturated heterocycles. The van der Waals surface area contributed by atoms with Crippen molar-refractivity contribution in [2.75, 3.05) is 32.8 Å². The van der Waals surface area contributed by atoms with Gasteiger partial charge in [0.2, 0.25) is 0 Å². The second-order valence-corrected chi connectivity index (χ2v) is 5.35. The number of morpholine rings is 1. The van der Waals surface area contributed by atoms with Crippen LogP contribution in [-0.2, 0) is 14.3 Å². The molecule has 1 saturated carbocycles. The standard InChI is InChI=1S/C13H19NO3/c15-13(9-14-3-5-16-6-4-14)17-12-8-10-1-2-11(12)7-10/h1-2,10-12H,3-9H2/p+1. The molecule has 3 unspecified atom stereocenters. The lowest BCUT2D eigenvalue weighted by Gasteiger charge is -2.24. The number of allylic oxidation sites excluding steroid dienone is 1. The van der Waals surface area contributed by atoms with Crippen LogP contribution < -0.4 is 4.90 Å². The highest BCUT2D eigenvalue weighted by molar-refractivity contribution is 5.70. The van der Waals surface area contributed by atoms with Crippen molar-refractivity contribution in [3.05, 3.63) is 12.2 Å². The highest BCUT2D eigenvalue weighted by atomic mass is 16.5. The number of ether oxygens (including phenoxy) is 2. The summed E-state index contributed by atoms with van der Waals surface area (Å²) in [6, 6.07) is 0. The van der Waals surface area contributed by atoms with Crippen LogP contribution in [0.4, 0.5) is 0 Å². The van der Waals surface area contributed by atoms with Crippen molar-refractivity contribution in [2.24, 2.45) is 11.8 Å². The zero-order chi connectivity index (χ0) is 11.7. The van der Waals surface area contributed by atoms with Crippen molar-refractivity contribution in [1.29, 1.82) is 0 Å².